The minimum absolute atomic E-state index is 0.00855. The van der Waals surface area contributed by atoms with Crippen molar-refractivity contribution in [3.8, 4) is 0 Å². The lowest BCUT2D eigenvalue weighted by Crippen LogP contribution is -2.21. The molecule has 0 radical (unpaired) electrons. The first-order valence-electron chi connectivity index (χ1n) is 13.3. The summed E-state index contributed by atoms with van der Waals surface area (Å²) in [4.78, 5) is 26.0. The molecule has 0 saturated heterocycles. The van der Waals surface area contributed by atoms with Crippen molar-refractivity contribution >= 4 is 11.6 Å². The highest BCUT2D eigenvalue weighted by molar-refractivity contribution is 6.26. The van der Waals surface area contributed by atoms with Gasteiger partial charge in [0, 0.05) is 22.3 Å². The standard InChI is InChI=1S/C33H46O2/c1-10-32(8,21-14-15-23(3)4)25(6)20-22-33(9,11-2)24(5)18-19-27-26(7)30(34)28-16-12-13-17-29(28)31(27)35/h12-13,15-18,20H,10-11,14,19,21-22H2,1-9H3/b24-18+,25-20+. The van der Waals surface area contributed by atoms with Gasteiger partial charge < -0.3 is 0 Å². The summed E-state index contributed by atoms with van der Waals surface area (Å²) in [6.07, 6.45) is 12.9. The molecule has 0 bridgehead atoms. The Balaban J connectivity index is 2.23. The number of hydrogen-bond acceptors (Lipinski definition) is 2. The van der Waals surface area contributed by atoms with E-state index < -0.39 is 0 Å². The van der Waals surface area contributed by atoms with Crippen LogP contribution in [0.4, 0.5) is 0 Å². The topological polar surface area (TPSA) is 34.1 Å². The number of Topliss-reactive ketones (excluding diaryl/α,β-unsaturated/α-hetero) is 2. The van der Waals surface area contributed by atoms with Crippen LogP contribution in [0.2, 0.25) is 0 Å². The van der Waals surface area contributed by atoms with Gasteiger partial charge in [0.1, 0.15) is 0 Å². The average Bonchev–Trinajstić information content (AvgIpc) is 2.85. The minimum Gasteiger partial charge on any atom is -0.289 e. The molecular weight excluding hydrogens is 428 g/mol. The monoisotopic (exact) mass is 474 g/mol. The van der Waals surface area contributed by atoms with Crippen LogP contribution in [0.3, 0.4) is 0 Å². The Labute approximate surface area is 214 Å². The van der Waals surface area contributed by atoms with Crippen LogP contribution in [0.15, 0.2) is 70.4 Å². The third-order valence-electron chi connectivity index (χ3n) is 8.67. The van der Waals surface area contributed by atoms with E-state index in [1.807, 2.05) is 12.1 Å². The smallest absolute Gasteiger partial charge is 0.190 e. The van der Waals surface area contributed by atoms with Crippen LogP contribution < -0.4 is 0 Å². The van der Waals surface area contributed by atoms with E-state index in [2.05, 4.69) is 73.6 Å². The highest BCUT2D eigenvalue weighted by Gasteiger charge is 2.30. The third kappa shape index (κ3) is 6.60. The van der Waals surface area contributed by atoms with Crippen LogP contribution in [-0.4, -0.2) is 11.6 Å². The molecule has 1 aromatic rings. The van der Waals surface area contributed by atoms with Crippen molar-refractivity contribution in [1.29, 1.82) is 0 Å². The van der Waals surface area contributed by atoms with Gasteiger partial charge in [0.15, 0.2) is 11.6 Å². The maximum atomic E-state index is 13.1. The van der Waals surface area contributed by atoms with Crippen molar-refractivity contribution < 1.29 is 9.59 Å². The molecule has 0 aromatic heterocycles. The normalized spacial score (nSPS) is 18.2. The summed E-state index contributed by atoms with van der Waals surface area (Å²) in [6.45, 7) is 19.8. The number of carbonyl (C=O) groups is 2. The van der Waals surface area contributed by atoms with Gasteiger partial charge in [-0.3, -0.25) is 9.59 Å². The zero-order valence-electron chi connectivity index (χ0n) is 23.6. The molecule has 2 rings (SSSR count). The lowest BCUT2D eigenvalue weighted by molar-refractivity contribution is 0.0973. The van der Waals surface area contributed by atoms with E-state index in [4.69, 9.17) is 0 Å². The summed E-state index contributed by atoms with van der Waals surface area (Å²) in [6, 6.07) is 7.17. The molecule has 1 aromatic carbocycles. The third-order valence-corrected chi connectivity index (χ3v) is 8.67. The van der Waals surface area contributed by atoms with Crippen LogP contribution in [0.25, 0.3) is 0 Å². The van der Waals surface area contributed by atoms with Gasteiger partial charge in [-0.25, -0.2) is 0 Å². The lowest BCUT2D eigenvalue weighted by Gasteiger charge is -2.33. The van der Waals surface area contributed by atoms with Gasteiger partial charge in [0.05, 0.1) is 0 Å². The Morgan fingerprint density at radius 2 is 1.34 bits per heavy atom. The second kappa shape index (κ2) is 12.0. The van der Waals surface area contributed by atoms with Crippen LogP contribution in [-0.2, 0) is 0 Å². The molecule has 0 N–H and O–H groups in total. The molecule has 0 aliphatic heterocycles. The van der Waals surface area contributed by atoms with Crippen molar-refractivity contribution in [2.75, 3.05) is 0 Å². The number of hydrogen-bond donors (Lipinski definition) is 0. The number of allylic oxidation sites excluding steroid dienone is 8. The van der Waals surface area contributed by atoms with Crippen molar-refractivity contribution in [3.05, 3.63) is 81.5 Å². The van der Waals surface area contributed by atoms with Crippen molar-refractivity contribution in [3.63, 3.8) is 0 Å². The molecule has 0 saturated carbocycles. The van der Waals surface area contributed by atoms with Gasteiger partial charge in [-0.15, -0.1) is 0 Å². The first-order valence-corrected chi connectivity index (χ1v) is 13.3. The Morgan fingerprint density at radius 3 is 1.89 bits per heavy atom. The molecule has 0 amide bonds. The minimum atomic E-state index is -0.0231. The number of carbonyl (C=O) groups excluding carboxylic acids is 2. The molecule has 2 atom stereocenters. The molecular formula is C33H46O2. The first-order chi connectivity index (χ1) is 16.4. The number of rotatable bonds is 11. The van der Waals surface area contributed by atoms with Crippen molar-refractivity contribution in [1.82, 2.24) is 0 Å². The zero-order valence-corrected chi connectivity index (χ0v) is 23.6. The lowest BCUT2D eigenvalue weighted by atomic mass is 9.72. The highest BCUT2D eigenvalue weighted by Crippen LogP contribution is 2.40. The summed E-state index contributed by atoms with van der Waals surface area (Å²) in [5.41, 5.74) is 6.65. The van der Waals surface area contributed by atoms with E-state index in [-0.39, 0.29) is 22.4 Å². The summed E-state index contributed by atoms with van der Waals surface area (Å²) in [5.74, 6) is -0.0317. The highest BCUT2D eigenvalue weighted by atomic mass is 16.1. The van der Waals surface area contributed by atoms with Gasteiger partial charge in [0.2, 0.25) is 0 Å². The Morgan fingerprint density at radius 1 is 0.800 bits per heavy atom. The molecule has 1 aliphatic rings. The van der Waals surface area contributed by atoms with Crippen LogP contribution >= 0.6 is 0 Å². The second-order valence-electron chi connectivity index (χ2n) is 11.1. The summed E-state index contributed by atoms with van der Waals surface area (Å²) < 4.78 is 0. The Kier molecular flexibility index (Phi) is 9.84. The average molecular weight is 475 g/mol. The fourth-order valence-electron chi connectivity index (χ4n) is 4.84. The van der Waals surface area contributed by atoms with Gasteiger partial charge >= 0.3 is 0 Å². The van der Waals surface area contributed by atoms with Gasteiger partial charge in [-0.1, -0.05) is 86.9 Å². The predicted octanol–water partition coefficient (Wildman–Crippen LogP) is 9.63. The largest absolute Gasteiger partial charge is 0.289 e. The Hall–Kier alpha value is -2.48. The van der Waals surface area contributed by atoms with Gasteiger partial charge in [-0.05, 0) is 84.0 Å². The molecule has 1 aliphatic carbocycles. The van der Waals surface area contributed by atoms with Crippen molar-refractivity contribution in [2.24, 2.45) is 10.8 Å². The molecule has 0 fully saturated rings. The maximum Gasteiger partial charge on any atom is 0.190 e. The fourth-order valence-corrected chi connectivity index (χ4v) is 4.84. The molecule has 35 heavy (non-hydrogen) atoms. The van der Waals surface area contributed by atoms with Crippen LogP contribution in [0, 0.1) is 10.8 Å². The summed E-state index contributed by atoms with van der Waals surface area (Å²) in [5, 5.41) is 0. The Bertz CT molecular complexity index is 1070. The fraction of sp³-hybridized carbons (Fsp3) is 0.515. The van der Waals surface area contributed by atoms with E-state index in [1.54, 1.807) is 19.1 Å². The van der Waals surface area contributed by atoms with Gasteiger partial charge in [0.25, 0.3) is 0 Å². The first kappa shape index (κ1) is 28.8. The SMILES string of the molecule is CCC(C)(C/C=C(\C)C(C)(CC)CCC=C(C)C)/C(C)=C/CC1=C(C)C(=O)c2ccccc2C1=O. The molecule has 0 spiro atoms. The predicted molar refractivity (Wildman–Crippen MR) is 150 cm³/mol. The molecule has 2 nitrogen and oxygen atoms in total. The molecule has 2 heteroatoms. The number of benzene rings is 1. The summed E-state index contributed by atoms with van der Waals surface area (Å²) in [7, 11) is 0. The number of ketones is 2. The van der Waals surface area contributed by atoms with Crippen LogP contribution in [0.5, 0.6) is 0 Å². The summed E-state index contributed by atoms with van der Waals surface area (Å²) >= 11 is 0. The molecule has 0 heterocycles. The second-order valence-corrected chi connectivity index (χ2v) is 11.1. The maximum absolute atomic E-state index is 13.1. The van der Waals surface area contributed by atoms with Gasteiger partial charge in [-0.2, -0.15) is 0 Å². The van der Waals surface area contributed by atoms with E-state index >= 15 is 0 Å². The molecule has 190 valence electrons. The van der Waals surface area contributed by atoms with E-state index in [0.717, 1.165) is 25.7 Å². The number of fused-ring (bicyclic) bond motifs is 1. The van der Waals surface area contributed by atoms with E-state index in [0.29, 0.717) is 28.7 Å². The zero-order chi connectivity index (χ0) is 26.4. The van der Waals surface area contributed by atoms with Crippen molar-refractivity contribution in [2.45, 2.75) is 101 Å². The quantitative estimate of drug-likeness (QED) is 0.299. The molecule has 2 unspecified atom stereocenters. The van der Waals surface area contributed by atoms with E-state index in [9.17, 15) is 9.59 Å². The van der Waals surface area contributed by atoms with Crippen LogP contribution in [0.1, 0.15) is 122 Å². The van der Waals surface area contributed by atoms with E-state index in [1.165, 1.54) is 23.1 Å².